The van der Waals surface area contributed by atoms with Crippen molar-refractivity contribution >= 4 is 23.2 Å². The summed E-state index contributed by atoms with van der Waals surface area (Å²) >= 11 is 4.93. The molecule has 0 saturated heterocycles. The molecule has 1 aromatic heterocycles. The monoisotopic (exact) mass is 226 g/mol. The van der Waals surface area contributed by atoms with Gasteiger partial charge in [0.15, 0.2) is 5.11 Å². The number of hydrogen-bond donors (Lipinski definition) is 2. The van der Waals surface area contributed by atoms with Crippen LogP contribution in [0.4, 0.5) is 0 Å². The third kappa shape index (κ3) is 4.60. The Balaban J connectivity index is 2.22. The van der Waals surface area contributed by atoms with Gasteiger partial charge in [-0.15, -0.1) is 0 Å². The van der Waals surface area contributed by atoms with Gasteiger partial charge < -0.3 is 15.1 Å². The number of furan rings is 1. The van der Waals surface area contributed by atoms with Crippen LogP contribution < -0.4 is 10.6 Å². The van der Waals surface area contributed by atoms with E-state index in [1.165, 1.54) is 0 Å². The second kappa shape index (κ2) is 6.19. The predicted octanol–water partition coefficient (Wildman–Crippen LogP) is 1.57. The van der Waals surface area contributed by atoms with Gasteiger partial charge in [-0.2, -0.15) is 0 Å². The zero-order valence-corrected chi connectivity index (χ0v) is 9.39. The highest BCUT2D eigenvalue weighted by molar-refractivity contribution is 7.80. The van der Waals surface area contributed by atoms with Gasteiger partial charge in [-0.1, -0.05) is 6.92 Å². The van der Waals surface area contributed by atoms with Gasteiger partial charge in [0, 0.05) is 6.42 Å². The Morgan fingerprint density at radius 3 is 3.00 bits per heavy atom. The lowest BCUT2D eigenvalue weighted by Crippen LogP contribution is -2.38. The van der Waals surface area contributed by atoms with Crippen LogP contribution in [0.2, 0.25) is 0 Å². The molecule has 0 aliphatic carbocycles. The maximum Gasteiger partial charge on any atom is 0.226 e. The van der Waals surface area contributed by atoms with Crippen molar-refractivity contribution in [3.63, 3.8) is 0 Å². The van der Waals surface area contributed by atoms with E-state index in [-0.39, 0.29) is 5.91 Å². The van der Waals surface area contributed by atoms with Crippen LogP contribution in [0.5, 0.6) is 0 Å². The lowest BCUT2D eigenvalue weighted by molar-refractivity contribution is -0.119. The molecule has 82 valence electrons. The van der Waals surface area contributed by atoms with Crippen LogP contribution in [0.3, 0.4) is 0 Å². The van der Waals surface area contributed by atoms with Crippen molar-refractivity contribution in [2.24, 2.45) is 0 Å². The molecule has 0 bridgehead atoms. The molecule has 0 aliphatic rings. The first kappa shape index (κ1) is 11.7. The van der Waals surface area contributed by atoms with Gasteiger partial charge in [-0.3, -0.25) is 4.79 Å². The van der Waals surface area contributed by atoms with Crippen molar-refractivity contribution in [2.45, 2.75) is 26.3 Å². The van der Waals surface area contributed by atoms with Gasteiger partial charge in [0.2, 0.25) is 5.91 Å². The molecular formula is C10H14N2O2S. The second-order valence-electron chi connectivity index (χ2n) is 3.06. The minimum atomic E-state index is -0.0607. The van der Waals surface area contributed by atoms with E-state index in [0.717, 1.165) is 12.2 Å². The minimum absolute atomic E-state index is 0.0607. The summed E-state index contributed by atoms with van der Waals surface area (Å²) in [5.74, 6) is 0.719. The normalized spacial score (nSPS) is 9.67. The van der Waals surface area contributed by atoms with Gasteiger partial charge in [-0.25, -0.2) is 0 Å². The largest absolute Gasteiger partial charge is 0.467 e. The van der Waals surface area contributed by atoms with Crippen molar-refractivity contribution in [3.8, 4) is 0 Å². The summed E-state index contributed by atoms with van der Waals surface area (Å²) in [6.07, 6.45) is 2.89. The Labute approximate surface area is 94.0 Å². The molecule has 0 saturated carbocycles. The summed E-state index contributed by atoms with van der Waals surface area (Å²) in [5, 5.41) is 5.80. The maximum absolute atomic E-state index is 11.2. The fourth-order valence-corrected chi connectivity index (χ4v) is 1.23. The molecule has 0 spiro atoms. The third-order valence-electron chi connectivity index (χ3n) is 1.73. The van der Waals surface area contributed by atoms with E-state index in [4.69, 9.17) is 16.6 Å². The lowest BCUT2D eigenvalue weighted by Gasteiger charge is -2.07. The number of nitrogens with one attached hydrogen (secondary N) is 2. The predicted molar refractivity (Wildman–Crippen MR) is 61.2 cm³/mol. The van der Waals surface area contributed by atoms with Crippen LogP contribution in [-0.4, -0.2) is 11.0 Å². The molecule has 0 radical (unpaired) electrons. The molecule has 4 nitrogen and oxygen atoms in total. The van der Waals surface area contributed by atoms with Crippen LogP contribution in [0.15, 0.2) is 22.8 Å². The first-order valence-electron chi connectivity index (χ1n) is 4.82. The van der Waals surface area contributed by atoms with E-state index in [1.807, 2.05) is 13.0 Å². The Bertz CT molecular complexity index is 322. The van der Waals surface area contributed by atoms with Crippen LogP contribution in [-0.2, 0) is 11.3 Å². The molecule has 1 heterocycles. The van der Waals surface area contributed by atoms with E-state index < -0.39 is 0 Å². The van der Waals surface area contributed by atoms with E-state index in [1.54, 1.807) is 12.3 Å². The molecule has 1 aromatic rings. The van der Waals surface area contributed by atoms with E-state index in [2.05, 4.69) is 10.6 Å². The number of carbonyl (C=O) groups is 1. The molecule has 2 N–H and O–H groups in total. The Hall–Kier alpha value is -1.36. The molecule has 5 heteroatoms. The quantitative estimate of drug-likeness (QED) is 0.765. The maximum atomic E-state index is 11.2. The topological polar surface area (TPSA) is 54.3 Å². The highest BCUT2D eigenvalue weighted by atomic mass is 32.1. The average molecular weight is 226 g/mol. The molecule has 0 unspecified atom stereocenters. The average Bonchev–Trinajstić information content (AvgIpc) is 2.67. The molecule has 0 fully saturated rings. The van der Waals surface area contributed by atoms with E-state index in [9.17, 15) is 4.79 Å². The fourth-order valence-electron chi connectivity index (χ4n) is 1.04. The highest BCUT2D eigenvalue weighted by Crippen LogP contribution is 1.98. The van der Waals surface area contributed by atoms with Gasteiger partial charge in [0.05, 0.1) is 12.8 Å². The SMILES string of the molecule is CCCC(=O)NC(=S)NCc1ccco1. The van der Waals surface area contributed by atoms with Gasteiger partial charge in [0.1, 0.15) is 5.76 Å². The van der Waals surface area contributed by atoms with Crippen molar-refractivity contribution in [1.82, 2.24) is 10.6 Å². The van der Waals surface area contributed by atoms with E-state index in [0.29, 0.717) is 18.1 Å². The summed E-state index contributed by atoms with van der Waals surface area (Å²) < 4.78 is 5.10. The number of rotatable bonds is 4. The first-order valence-corrected chi connectivity index (χ1v) is 5.23. The van der Waals surface area contributed by atoms with Crippen LogP contribution in [0.1, 0.15) is 25.5 Å². The zero-order valence-electron chi connectivity index (χ0n) is 8.58. The molecule has 1 rings (SSSR count). The summed E-state index contributed by atoms with van der Waals surface area (Å²) in [5.41, 5.74) is 0. The zero-order chi connectivity index (χ0) is 11.1. The highest BCUT2D eigenvalue weighted by Gasteiger charge is 2.03. The third-order valence-corrected chi connectivity index (χ3v) is 1.98. The molecule has 15 heavy (non-hydrogen) atoms. The fraction of sp³-hybridized carbons (Fsp3) is 0.400. The molecule has 0 aromatic carbocycles. The first-order chi connectivity index (χ1) is 7.22. The summed E-state index contributed by atoms with van der Waals surface area (Å²) in [6.45, 7) is 2.43. The molecule has 1 amide bonds. The Kier molecular flexibility index (Phi) is 4.83. The van der Waals surface area contributed by atoms with Crippen molar-refractivity contribution in [1.29, 1.82) is 0 Å². The van der Waals surface area contributed by atoms with Gasteiger partial charge in [-0.05, 0) is 30.8 Å². The summed E-state index contributed by atoms with van der Waals surface area (Å²) in [4.78, 5) is 11.2. The summed E-state index contributed by atoms with van der Waals surface area (Å²) in [6, 6.07) is 3.64. The lowest BCUT2D eigenvalue weighted by atomic mass is 10.3. The molecular weight excluding hydrogens is 212 g/mol. The summed E-state index contributed by atoms with van der Waals surface area (Å²) in [7, 11) is 0. The molecule has 0 aliphatic heterocycles. The van der Waals surface area contributed by atoms with Crippen LogP contribution in [0.25, 0.3) is 0 Å². The van der Waals surface area contributed by atoms with Gasteiger partial charge in [0.25, 0.3) is 0 Å². The molecule has 0 atom stereocenters. The second-order valence-corrected chi connectivity index (χ2v) is 3.47. The Morgan fingerprint density at radius 1 is 1.60 bits per heavy atom. The Morgan fingerprint density at radius 2 is 2.40 bits per heavy atom. The van der Waals surface area contributed by atoms with Crippen molar-refractivity contribution < 1.29 is 9.21 Å². The number of hydrogen-bond acceptors (Lipinski definition) is 3. The number of thiocarbonyl (C=S) groups is 1. The number of carbonyl (C=O) groups excluding carboxylic acids is 1. The standard InChI is InChI=1S/C10H14N2O2S/c1-2-4-9(13)12-10(15)11-7-8-5-3-6-14-8/h3,5-6H,2,4,7H2,1H3,(H2,11,12,13,15). The van der Waals surface area contributed by atoms with Crippen LogP contribution in [0, 0.1) is 0 Å². The van der Waals surface area contributed by atoms with Crippen molar-refractivity contribution in [3.05, 3.63) is 24.2 Å². The van der Waals surface area contributed by atoms with E-state index >= 15 is 0 Å². The van der Waals surface area contributed by atoms with Crippen LogP contribution >= 0.6 is 12.2 Å². The minimum Gasteiger partial charge on any atom is -0.467 e. The van der Waals surface area contributed by atoms with Crippen molar-refractivity contribution in [2.75, 3.05) is 0 Å². The number of amides is 1. The smallest absolute Gasteiger partial charge is 0.226 e. The van der Waals surface area contributed by atoms with Gasteiger partial charge >= 0.3 is 0 Å².